The van der Waals surface area contributed by atoms with Crippen molar-refractivity contribution in [2.45, 2.75) is 64.5 Å². The molecule has 0 aromatic carbocycles. The number of piperidine rings is 1. The lowest BCUT2D eigenvalue weighted by Crippen LogP contribution is -2.49. The minimum absolute atomic E-state index is 0.149. The van der Waals surface area contributed by atoms with E-state index >= 15 is 0 Å². The van der Waals surface area contributed by atoms with Crippen LogP contribution in [0.5, 0.6) is 0 Å². The Balaban J connectivity index is 1.63. The summed E-state index contributed by atoms with van der Waals surface area (Å²) in [6, 6.07) is 4.60. The van der Waals surface area contributed by atoms with Gasteiger partial charge in [0.05, 0.1) is 0 Å². The molecule has 1 saturated heterocycles. The summed E-state index contributed by atoms with van der Waals surface area (Å²) in [5.74, 6) is 0. The molecule has 0 spiro atoms. The highest BCUT2D eigenvalue weighted by Gasteiger charge is 2.38. The maximum absolute atomic E-state index is 12.4. The number of ether oxygens (including phenoxy) is 1. The van der Waals surface area contributed by atoms with E-state index in [1.54, 1.807) is 0 Å². The standard InChI is InChI=1S/C20H30ClN3O2/c1-19(2,3)26-18(25)24-10-8-20(9-11-24,14-23-16-5-6-16)12-15-4-7-17(21)22-13-15/h4,7,13,16,23H,5-6,8-12,14H2,1-3H3. The van der Waals surface area contributed by atoms with E-state index in [9.17, 15) is 4.79 Å². The number of amides is 1. The first kappa shape index (κ1) is 19.4. The van der Waals surface area contributed by atoms with E-state index in [4.69, 9.17) is 16.3 Å². The van der Waals surface area contributed by atoms with Gasteiger partial charge in [0.2, 0.25) is 0 Å². The van der Waals surface area contributed by atoms with Crippen LogP contribution in [-0.4, -0.2) is 47.3 Å². The molecule has 1 saturated carbocycles. The molecule has 1 aliphatic heterocycles. The molecule has 1 aliphatic carbocycles. The van der Waals surface area contributed by atoms with Gasteiger partial charge in [0.1, 0.15) is 10.8 Å². The van der Waals surface area contributed by atoms with Crippen molar-refractivity contribution in [2.24, 2.45) is 5.41 Å². The first-order valence-corrected chi connectivity index (χ1v) is 9.94. The van der Waals surface area contributed by atoms with Crippen LogP contribution in [0.1, 0.15) is 52.0 Å². The van der Waals surface area contributed by atoms with E-state index in [2.05, 4.69) is 16.4 Å². The molecule has 1 aromatic rings. The van der Waals surface area contributed by atoms with Gasteiger partial charge in [-0.1, -0.05) is 17.7 Å². The number of carbonyl (C=O) groups is 1. The van der Waals surface area contributed by atoms with E-state index < -0.39 is 5.60 Å². The quantitative estimate of drug-likeness (QED) is 0.784. The number of aromatic nitrogens is 1. The van der Waals surface area contributed by atoms with Crippen LogP contribution in [0.4, 0.5) is 4.79 Å². The van der Waals surface area contributed by atoms with Gasteiger partial charge in [-0.15, -0.1) is 0 Å². The second-order valence-electron chi connectivity index (χ2n) is 8.79. The third-order valence-corrected chi connectivity index (χ3v) is 5.41. The van der Waals surface area contributed by atoms with Crippen LogP contribution >= 0.6 is 11.6 Å². The van der Waals surface area contributed by atoms with Crippen molar-refractivity contribution in [3.8, 4) is 0 Å². The summed E-state index contributed by atoms with van der Waals surface area (Å²) in [5.41, 5.74) is 0.905. The monoisotopic (exact) mass is 379 g/mol. The lowest BCUT2D eigenvalue weighted by Gasteiger charge is -2.42. The largest absolute Gasteiger partial charge is 0.444 e. The molecule has 0 radical (unpaired) electrons. The first-order chi connectivity index (χ1) is 12.2. The van der Waals surface area contributed by atoms with Gasteiger partial charge in [-0.05, 0) is 69.9 Å². The molecule has 5 nitrogen and oxygen atoms in total. The Morgan fingerprint density at radius 1 is 1.35 bits per heavy atom. The molecule has 2 fully saturated rings. The lowest BCUT2D eigenvalue weighted by atomic mass is 9.74. The summed E-state index contributed by atoms with van der Waals surface area (Å²) in [6.07, 6.45) is 7.13. The normalized spacial score (nSPS) is 20.1. The molecular weight excluding hydrogens is 350 g/mol. The molecule has 2 aliphatic rings. The molecule has 6 heteroatoms. The highest BCUT2D eigenvalue weighted by atomic mass is 35.5. The number of pyridine rings is 1. The molecular formula is C20H30ClN3O2. The number of carbonyl (C=O) groups excluding carboxylic acids is 1. The van der Waals surface area contributed by atoms with Crippen molar-refractivity contribution in [3.63, 3.8) is 0 Å². The molecule has 0 bridgehead atoms. The molecule has 1 N–H and O–H groups in total. The molecule has 2 heterocycles. The van der Waals surface area contributed by atoms with Crippen LogP contribution < -0.4 is 5.32 Å². The van der Waals surface area contributed by atoms with Gasteiger partial charge in [0, 0.05) is 31.9 Å². The average molecular weight is 380 g/mol. The van der Waals surface area contributed by atoms with Crippen LogP contribution in [0, 0.1) is 5.41 Å². The Bertz CT molecular complexity index is 615. The maximum Gasteiger partial charge on any atom is 0.410 e. The summed E-state index contributed by atoms with van der Waals surface area (Å²) in [4.78, 5) is 18.4. The van der Waals surface area contributed by atoms with Gasteiger partial charge < -0.3 is 15.0 Å². The van der Waals surface area contributed by atoms with Crippen molar-refractivity contribution in [1.29, 1.82) is 0 Å². The van der Waals surface area contributed by atoms with Gasteiger partial charge in [0.25, 0.3) is 0 Å². The van der Waals surface area contributed by atoms with E-state index in [0.29, 0.717) is 11.2 Å². The number of halogens is 1. The molecule has 0 unspecified atom stereocenters. The molecule has 1 amide bonds. The summed E-state index contributed by atoms with van der Waals surface area (Å²) in [6.45, 7) is 8.19. The fourth-order valence-corrected chi connectivity index (χ4v) is 3.61. The van der Waals surface area contributed by atoms with Crippen LogP contribution in [0.3, 0.4) is 0 Å². The Morgan fingerprint density at radius 2 is 2.04 bits per heavy atom. The number of nitrogens with one attached hydrogen (secondary N) is 1. The van der Waals surface area contributed by atoms with Crippen LogP contribution in [0.2, 0.25) is 5.15 Å². The molecule has 3 rings (SSSR count). The fourth-order valence-electron chi connectivity index (χ4n) is 3.50. The Labute approximate surface area is 161 Å². The lowest BCUT2D eigenvalue weighted by molar-refractivity contribution is 0.00991. The number of hydrogen-bond donors (Lipinski definition) is 1. The third-order valence-electron chi connectivity index (χ3n) is 5.19. The van der Waals surface area contributed by atoms with Crippen molar-refractivity contribution in [3.05, 3.63) is 29.0 Å². The van der Waals surface area contributed by atoms with Crippen molar-refractivity contribution < 1.29 is 9.53 Å². The third kappa shape index (κ3) is 5.58. The van der Waals surface area contributed by atoms with E-state index in [1.807, 2.05) is 37.9 Å². The molecule has 144 valence electrons. The zero-order valence-corrected chi connectivity index (χ0v) is 16.8. The first-order valence-electron chi connectivity index (χ1n) is 9.57. The smallest absolute Gasteiger partial charge is 0.410 e. The van der Waals surface area contributed by atoms with Gasteiger partial charge in [-0.2, -0.15) is 0 Å². The highest BCUT2D eigenvalue weighted by Crippen LogP contribution is 2.36. The summed E-state index contributed by atoms with van der Waals surface area (Å²) < 4.78 is 5.53. The summed E-state index contributed by atoms with van der Waals surface area (Å²) >= 11 is 5.93. The number of likely N-dealkylation sites (tertiary alicyclic amines) is 1. The second kappa shape index (κ2) is 7.73. The maximum atomic E-state index is 12.4. The molecule has 0 atom stereocenters. The highest BCUT2D eigenvalue weighted by molar-refractivity contribution is 6.29. The topological polar surface area (TPSA) is 54.5 Å². The summed E-state index contributed by atoms with van der Waals surface area (Å²) in [5, 5.41) is 4.23. The number of nitrogens with zero attached hydrogens (tertiary/aromatic N) is 2. The van der Waals surface area contributed by atoms with E-state index in [-0.39, 0.29) is 11.5 Å². The van der Waals surface area contributed by atoms with Gasteiger partial charge in [0.15, 0.2) is 0 Å². The van der Waals surface area contributed by atoms with Crippen LogP contribution in [0.25, 0.3) is 0 Å². The van der Waals surface area contributed by atoms with Crippen LogP contribution in [-0.2, 0) is 11.2 Å². The van der Waals surface area contributed by atoms with Gasteiger partial charge >= 0.3 is 6.09 Å². The minimum Gasteiger partial charge on any atom is -0.444 e. The average Bonchev–Trinajstić information content (AvgIpc) is 3.39. The van der Waals surface area contributed by atoms with Crippen LogP contribution in [0.15, 0.2) is 18.3 Å². The molecule has 26 heavy (non-hydrogen) atoms. The Kier molecular flexibility index (Phi) is 5.78. The fraction of sp³-hybridized carbons (Fsp3) is 0.700. The van der Waals surface area contributed by atoms with Gasteiger partial charge in [-0.25, -0.2) is 9.78 Å². The molecule has 1 aromatic heterocycles. The predicted octanol–water partition coefficient (Wildman–Crippen LogP) is 4.05. The van der Waals surface area contributed by atoms with Crippen molar-refractivity contribution in [1.82, 2.24) is 15.2 Å². The predicted molar refractivity (Wildman–Crippen MR) is 103 cm³/mol. The zero-order valence-electron chi connectivity index (χ0n) is 16.1. The Morgan fingerprint density at radius 3 is 2.58 bits per heavy atom. The SMILES string of the molecule is CC(C)(C)OC(=O)N1CCC(CNC2CC2)(Cc2ccc(Cl)nc2)CC1. The minimum atomic E-state index is -0.450. The number of rotatable bonds is 5. The van der Waals surface area contributed by atoms with Crippen molar-refractivity contribution >= 4 is 17.7 Å². The van der Waals surface area contributed by atoms with E-state index in [1.165, 1.54) is 18.4 Å². The van der Waals surface area contributed by atoms with E-state index in [0.717, 1.165) is 38.9 Å². The Hall–Kier alpha value is -1.33. The summed E-state index contributed by atoms with van der Waals surface area (Å²) in [7, 11) is 0. The van der Waals surface area contributed by atoms with Crippen molar-refractivity contribution in [2.75, 3.05) is 19.6 Å². The zero-order chi connectivity index (χ0) is 18.8. The van der Waals surface area contributed by atoms with Gasteiger partial charge in [-0.3, -0.25) is 0 Å². The number of hydrogen-bond acceptors (Lipinski definition) is 4. The second-order valence-corrected chi connectivity index (χ2v) is 9.18.